The summed E-state index contributed by atoms with van der Waals surface area (Å²) in [6.07, 6.45) is 6.46. The van der Waals surface area contributed by atoms with Gasteiger partial charge in [-0.1, -0.05) is 6.07 Å². The molecule has 0 bridgehead atoms. The molecule has 0 saturated heterocycles. The molecule has 0 spiro atoms. The van der Waals surface area contributed by atoms with E-state index in [9.17, 15) is 0 Å². The summed E-state index contributed by atoms with van der Waals surface area (Å²) >= 11 is 1.77. The first-order valence-corrected chi connectivity index (χ1v) is 7.92. The summed E-state index contributed by atoms with van der Waals surface area (Å²) in [6.45, 7) is 3.05. The number of rotatable bonds is 6. The van der Waals surface area contributed by atoms with Gasteiger partial charge in [0.2, 0.25) is 5.95 Å². The van der Waals surface area contributed by atoms with Gasteiger partial charge in [0.1, 0.15) is 0 Å². The Kier molecular flexibility index (Phi) is 3.98. The average molecular weight is 288 g/mol. The van der Waals surface area contributed by atoms with E-state index < -0.39 is 0 Å². The van der Waals surface area contributed by atoms with Crippen LogP contribution in [-0.4, -0.2) is 23.1 Å². The van der Waals surface area contributed by atoms with Gasteiger partial charge in [-0.3, -0.25) is 0 Å². The van der Waals surface area contributed by atoms with E-state index in [1.165, 1.54) is 17.7 Å². The van der Waals surface area contributed by atoms with Crippen molar-refractivity contribution in [3.63, 3.8) is 0 Å². The zero-order valence-electron chi connectivity index (χ0n) is 11.9. The Hall–Kier alpha value is -1.46. The molecule has 2 aromatic heterocycles. The number of hydrogen-bond acceptors (Lipinski definition) is 5. The molecule has 0 radical (unpaired) electrons. The molecule has 2 aromatic rings. The molecule has 1 aliphatic rings. The van der Waals surface area contributed by atoms with Crippen LogP contribution < -0.4 is 10.2 Å². The van der Waals surface area contributed by atoms with Crippen molar-refractivity contribution in [3.05, 3.63) is 40.3 Å². The zero-order valence-corrected chi connectivity index (χ0v) is 12.7. The predicted molar refractivity (Wildman–Crippen MR) is 83.0 cm³/mol. The third kappa shape index (κ3) is 3.16. The molecule has 2 heterocycles. The highest BCUT2D eigenvalue weighted by Gasteiger charge is 2.20. The minimum absolute atomic E-state index is 0.297. The Morgan fingerprint density at radius 3 is 2.75 bits per heavy atom. The van der Waals surface area contributed by atoms with Crippen LogP contribution in [0.15, 0.2) is 29.9 Å². The minimum atomic E-state index is 0.297. The number of anilines is 1. The van der Waals surface area contributed by atoms with Crippen LogP contribution in [0.25, 0.3) is 0 Å². The van der Waals surface area contributed by atoms with Crippen molar-refractivity contribution < 1.29 is 0 Å². The van der Waals surface area contributed by atoms with Crippen LogP contribution in [0, 0.1) is 0 Å². The van der Waals surface area contributed by atoms with E-state index in [2.05, 4.69) is 44.6 Å². The molecule has 4 nitrogen and oxygen atoms in total. The van der Waals surface area contributed by atoms with Crippen LogP contribution in [0.5, 0.6) is 0 Å². The summed E-state index contributed by atoms with van der Waals surface area (Å²) in [4.78, 5) is 12.4. The maximum atomic E-state index is 4.49. The molecule has 3 rings (SSSR count). The van der Waals surface area contributed by atoms with Gasteiger partial charge in [0, 0.05) is 42.5 Å². The van der Waals surface area contributed by atoms with Gasteiger partial charge in [-0.2, -0.15) is 0 Å². The Labute approximate surface area is 123 Å². The maximum absolute atomic E-state index is 4.49. The summed E-state index contributed by atoms with van der Waals surface area (Å²) in [5, 5.41) is 5.58. The molecular formula is C15H20N4S. The molecule has 1 atom stereocenters. The summed E-state index contributed by atoms with van der Waals surface area (Å²) in [5.41, 5.74) is 1.15. The first-order chi connectivity index (χ1) is 9.74. The number of nitrogens with one attached hydrogen (secondary N) is 1. The maximum Gasteiger partial charge on any atom is 0.225 e. The lowest BCUT2D eigenvalue weighted by Gasteiger charge is -2.23. The molecule has 20 heavy (non-hydrogen) atoms. The molecule has 1 saturated carbocycles. The Morgan fingerprint density at radius 1 is 1.40 bits per heavy atom. The van der Waals surface area contributed by atoms with E-state index in [-0.39, 0.29) is 0 Å². The average Bonchev–Trinajstić information content (AvgIpc) is 3.16. The fraction of sp³-hybridized carbons (Fsp3) is 0.467. The molecule has 106 valence electrons. The van der Waals surface area contributed by atoms with Crippen LogP contribution in [0.1, 0.15) is 36.2 Å². The molecule has 1 N–H and O–H groups in total. The third-order valence-corrected chi connectivity index (χ3v) is 4.76. The molecule has 1 aliphatic carbocycles. The van der Waals surface area contributed by atoms with Crippen LogP contribution in [0.4, 0.5) is 5.95 Å². The fourth-order valence-electron chi connectivity index (χ4n) is 2.06. The van der Waals surface area contributed by atoms with E-state index in [1.54, 1.807) is 11.3 Å². The van der Waals surface area contributed by atoms with E-state index >= 15 is 0 Å². The normalized spacial score (nSPS) is 16.1. The number of nitrogens with zero attached hydrogens (tertiary/aromatic N) is 3. The number of aromatic nitrogens is 2. The Bertz CT molecular complexity index is 534. The van der Waals surface area contributed by atoms with Gasteiger partial charge in [0.25, 0.3) is 0 Å². The lowest BCUT2D eigenvalue weighted by Crippen LogP contribution is -2.23. The lowest BCUT2D eigenvalue weighted by molar-refractivity contribution is 0.679. The molecular weight excluding hydrogens is 268 g/mol. The van der Waals surface area contributed by atoms with Crippen LogP contribution in [-0.2, 0) is 6.54 Å². The predicted octanol–water partition coefficient (Wildman–Crippen LogP) is 2.99. The molecule has 1 unspecified atom stereocenters. The summed E-state index contributed by atoms with van der Waals surface area (Å²) in [6, 6.07) is 5.25. The van der Waals surface area contributed by atoms with Gasteiger partial charge >= 0.3 is 0 Å². The van der Waals surface area contributed by atoms with Crippen molar-refractivity contribution in [2.75, 3.05) is 11.9 Å². The number of hydrogen-bond donors (Lipinski definition) is 1. The highest BCUT2D eigenvalue weighted by Crippen LogP contribution is 2.26. The van der Waals surface area contributed by atoms with Crippen LogP contribution >= 0.6 is 11.3 Å². The molecule has 5 heteroatoms. The topological polar surface area (TPSA) is 41.1 Å². The van der Waals surface area contributed by atoms with E-state index in [1.807, 2.05) is 19.4 Å². The van der Waals surface area contributed by atoms with Crippen LogP contribution in [0.3, 0.4) is 0 Å². The SMILES string of the molecule is CC(c1cccs1)N(C)c1ncc(CNC2CC2)cn1. The lowest BCUT2D eigenvalue weighted by atomic mass is 10.2. The summed E-state index contributed by atoms with van der Waals surface area (Å²) in [7, 11) is 2.04. The van der Waals surface area contributed by atoms with Gasteiger partial charge in [-0.05, 0) is 31.2 Å². The summed E-state index contributed by atoms with van der Waals surface area (Å²) in [5.74, 6) is 0.779. The van der Waals surface area contributed by atoms with E-state index in [4.69, 9.17) is 0 Å². The van der Waals surface area contributed by atoms with Crippen molar-refractivity contribution in [1.82, 2.24) is 15.3 Å². The first-order valence-electron chi connectivity index (χ1n) is 7.04. The monoisotopic (exact) mass is 288 g/mol. The van der Waals surface area contributed by atoms with Crippen molar-refractivity contribution >= 4 is 17.3 Å². The number of thiophene rings is 1. The second-order valence-corrected chi connectivity index (χ2v) is 6.33. The molecule has 0 aliphatic heterocycles. The highest BCUT2D eigenvalue weighted by atomic mass is 32.1. The quantitative estimate of drug-likeness (QED) is 0.887. The van der Waals surface area contributed by atoms with E-state index in [0.717, 1.165) is 24.1 Å². The standard InChI is InChI=1S/C15H20N4S/c1-11(14-4-3-7-20-14)19(2)15-17-9-12(10-18-15)8-16-13-5-6-13/h3-4,7,9-11,13,16H,5-6,8H2,1-2H3. The minimum Gasteiger partial charge on any atom is -0.336 e. The molecule has 1 fully saturated rings. The van der Waals surface area contributed by atoms with Crippen molar-refractivity contribution in [1.29, 1.82) is 0 Å². The summed E-state index contributed by atoms with van der Waals surface area (Å²) < 4.78 is 0. The largest absolute Gasteiger partial charge is 0.336 e. The van der Waals surface area contributed by atoms with Crippen molar-refractivity contribution in [2.24, 2.45) is 0 Å². The van der Waals surface area contributed by atoms with Crippen molar-refractivity contribution in [3.8, 4) is 0 Å². The van der Waals surface area contributed by atoms with Crippen molar-refractivity contribution in [2.45, 2.75) is 38.4 Å². The fourth-order valence-corrected chi connectivity index (χ4v) is 2.89. The molecule has 0 amide bonds. The Morgan fingerprint density at radius 2 is 2.15 bits per heavy atom. The zero-order chi connectivity index (χ0) is 13.9. The van der Waals surface area contributed by atoms with Gasteiger partial charge in [0.05, 0.1) is 6.04 Å². The van der Waals surface area contributed by atoms with Gasteiger partial charge in [-0.15, -0.1) is 11.3 Å². The third-order valence-electron chi connectivity index (χ3n) is 3.72. The smallest absolute Gasteiger partial charge is 0.225 e. The van der Waals surface area contributed by atoms with Crippen LogP contribution in [0.2, 0.25) is 0 Å². The second-order valence-electron chi connectivity index (χ2n) is 5.35. The highest BCUT2D eigenvalue weighted by molar-refractivity contribution is 7.10. The Balaban J connectivity index is 1.63. The molecule has 0 aromatic carbocycles. The first kappa shape index (κ1) is 13.5. The van der Waals surface area contributed by atoms with Gasteiger partial charge in [-0.25, -0.2) is 9.97 Å². The second kappa shape index (κ2) is 5.89. The van der Waals surface area contributed by atoms with Gasteiger partial charge in [0.15, 0.2) is 0 Å². The van der Waals surface area contributed by atoms with Gasteiger partial charge < -0.3 is 10.2 Å². The van der Waals surface area contributed by atoms with E-state index in [0.29, 0.717) is 6.04 Å².